The number of aromatic nitrogens is 4. The van der Waals surface area contributed by atoms with Gasteiger partial charge < -0.3 is 5.32 Å². The fourth-order valence-electron chi connectivity index (χ4n) is 2.11. The normalized spacial score (nSPS) is 10.5. The zero-order valence-corrected chi connectivity index (χ0v) is 12.8. The molecule has 0 atom stereocenters. The molecule has 3 aromatic heterocycles. The van der Waals surface area contributed by atoms with Crippen LogP contribution in [0.3, 0.4) is 0 Å². The number of pyridine rings is 2. The Morgan fingerprint density at radius 2 is 1.96 bits per heavy atom. The van der Waals surface area contributed by atoms with E-state index in [1.807, 2.05) is 43.5 Å². The molecule has 1 amide bonds. The van der Waals surface area contributed by atoms with E-state index in [1.165, 1.54) is 0 Å². The quantitative estimate of drug-likeness (QED) is 0.780. The Balaban J connectivity index is 1.53. The van der Waals surface area contributed by atoms with Gasteiger partial charge in [0.05, 0.1) is 6.42 Å². The number of aryl methyl sites for hydroxylation is 1. The van der Waals surface area contributed by atoms with Crippen molar-refractivity contribution in [3.8, 4) is 5.82 Å². The van der Waals surface area contributed by atoms with E-state index < -0.39 is 0 Å². The summed E-state index contributed by atoms with van der Waals surface area (Å²) in [5.74, 6) is 0.711. The summed E-state index contributed by atoms with van der Waals surface area (Å²) < 4.78 is 1.69. The average Bonchev–Trinajstić information content (AvgIpc) is 3.10. The van der Waals surface area contributed by atoms with Crippen molar-refractivity contribution >= 4 is 5.91 Å². The van der Waals surface area contributed by atoms with Crippen molar-refractivity contribution in [1.82, 2.24) is 25.1 Å². The van der Waals surface area contributed by atoms with Crippen LogP contribution < -0.4 is 5.32 Å². The van der Waals surface area contributed by atoms with E-state index in [2.05, 4.69) is 20.4 Å². The summed E-state index contributed by atoms with van der Waals surface area (Å²) >= 11 is 0. The first-order valence-corrected chi connectivity index (χ1v) is 7.34. The van der Waals surface area contributed by atoms with Crippen LogP contribution in [0, 0.1) is 6.92 Å². The van der Waals surface area contributed by atoms with E-state index in [0.717, 1.165) is 22.6 Å². The summed E-state index contributed by atoms with van der Waals surface area (Å²) in [7, 11) is 0. The first kappa shape index (κ1) is 14.9. The average molecular weight is 307 g/mol. The molecule has 0 radical (unpaired) electrons. The Morgan fingerprint density at radius 1 is 1.13 bits per heavy atom. The Hall–Kier alpha value is -3.02. The summed E-state index contributed by atoms with van der Waals surface area (Å²) in [6, 6.07) is 9.47. The van der Waals surface area contributed by atoms with Crippen molar-refractivity contribution < 1.29 is 4.79 Å². The van der Waals surface area contributed by atoms with Crippen LogP contribution in [-0.2, 0) is 17.8 Å². The van der Waals surface area contributed by atoms with Gasteiger partial charge in [0.2, 0.25) is 5.91 Å². The lowest BCUT2D eigenvalue weighted by atomic mass is 10.2. The van der Waals surface area contributed by atoms with Crippen LogP contribution in [-0.4, -0.2) is 25.7 Å². The Morgan fingerprint density at radius 3 is 2.61 bits per heavy atom. The molecule has 3 heterocycles. The molecule has 6 heteroatoms. The SMILES string of the molecule is Cc1ccc(CC(=O)NCc2ccc(-n3cccn3)nc2)cn1. The minimum absolute atomic E-state index is 0.0354. The number of carbonyl (C=O) groups excluding carboxylic acids is 1. The molecule has 3 aromatic rings. The number of amides is 1. The molecule has 6 nitrogen and oxygen atoms in total. The molecule has 0 aromatic carbocycles. The Kier molecular flexibility index (Phi) is 4.42. The second kappa shape index (κ2) is 6.83. The molecule has 0 aliphatic carbocycles. The minimum atomic E-state index is -0.0354. The highest BCUT2D eigenvalue weighted by Crippen LogP contribution is 2.05. The number of rotatable bonds is 5. The summed E-state index contributed by atoms with van der Waals surface area (Å²) in [6.07, 6.45) is 7.33. The molecule has 0 unspecified atom stereocenters. The zero-order chi connectivity index (χ0) is 16.1. The topological polar surface area (TPSA) is 72.7 Å². The lowest BCUT2D eigenvalue weighted by Crippen LogP contribution is -2.24. The van der Waals surface area contributed by atoms with E-state index >= 15 is 0 Å². The van der Waals surface area contributed by atoms with Gasteiger partial charge in [-0.05, 0) is 36.2 Å². The molecule has 3 rings (SSSR count). The fraction of sp³-hybridized carbons (Fsp3) is 0.176. The number of hydrogen-bond acceptors (Lipinski definition) is 4. The smallest absolute Gasteiger partial charge is 0.224 e. The third kappa shape index (κ3) is 4.00. The summed E-state index contributed by atoms with van der Waals surface area (Å²) in [6.45, 7) is 2.37. The number of nitrogens with zero attached hydrogens (tertiary/aromatic N) is 4. The molecular weight excluding hydrogens is 290 g/mol. The standard InChI is InChI=1S/C17H17N5O/c1-13-3-4-14(10-18-13)9-17(23)20-12-15-5-6-16(19-11-15)22-8-2-7-21-22/h2-8,10-11H,9,12H2,1H3,(H,20,23). The maximum absolute atomic E-state index is 12.0. The van der Waals surface area contributed by atoms with Crippen LogP contribution in [0.15, 0.2) is 55.1 Å². The lowest BCUT2D eigenvalue weighted by molar-refractivity contribution is -0.120. The van der Waals surface area contributed by atoms with Gasteiger partial charge in [-0.15, -0.1) is 0 Å². The third-order valence-electron chi connectivity index (χ3n) is 3.38. The van der Waals surface area contributed by atoms with Gasteiger partial charge in [-0.25, -0.2) is 9.67 Å². The molecule has 116 valence electrons. The highest BCUT2D eigenvalue weighted by molar-refractivity contribution is 5.78. The van der Waals surface area contributed by atoms with Gasteiger partial charge in [0.15, 0.2) is 5.82 Å². The summed E-state index contributed by atoms with van der Waals surface area (Å²) in [4.78, 5) is 20.5. The van der Waals surface area contributed by atoms with Crippen LogP contribution in [0.2, 0.25) is 0 Å². The minimum Gasteiger partial charge on any atom is -0.352 e. The van der Waals surface area contributed by atoms with Crippen molar-refractivity contribution in [2.75, 3.05) is 0 Å². The van der Waals surface area contributed by atoms with E-state index in [0.29, 0.717) is 13.0 Å². The van der Waals surface area contributed by atoms with E-state index in [1.54, 1.807) is 23.3 Å². The Labute approximate surface area is 134 Å². The summed E-state index contributed by atoms with van der Waals surface area (Å²) in [5.41, 5.74) is 2.79. The van der Waals surface area contributed by atoms with Crippen molar-refractivity contribution in [2.24, 2.45) is 0 Å². The first-order chi connectivity index (χ1) is 11.2. The fourth-order valence-corrected chi connectivity index (χ4v) is 2.11. The Bertz CT molecular complexity index is 764. The van der Waals surface area contributed by atoms with Gasteiger partial charge in [-0.3, -0.25) is 9.78 Å². The van der Waals surface area contributed by atoms with Crippen molar-refractivity contribution in [3.05, 3.63) is 71.9 Å². The van der Waals surface area contributed by atoms with Gasteiger partial charge in [-0.1, -0.05) is 12.1 Å². The largest absolute Gasteiger partial charge is 0.352 e. The predicted octanol–water partition coefficient (Wildman–Crippen LogP) is 1.83. The van der Waals surface area contributed by atoms with Gasteiger partial charge in [0, 0.05) is 37.0 Å². The van der Waals surface area contributed by atoms with Gasteiger partial charge in [0.1, 0.15) is 0 Å². The number of nitrogens with one attached hydrogen (secondary N) is 1. The van der Waals surface area contributed by atoms with Gasteiger partial charge in [-0.2, -0.15) is 5.10 Å². The van der Waals surface area contributed by atoms with E-state index in [9.17, 15) is 4.79 Å². The molecule has 23 heavy (non-hydrogen) atoms. The molecule has 0 fully saturated rings. The molecule has 1 N–H and O–H groups in total. The molecular formula is C17H17N5O. The molecule has 0 bridgehead atoms. The zero-order valence-electron chi connectivity index (χ0n) is 12.8. The highest BCUT2D eigenvalue weighted by Gasteiger charge is 2.04. The van der Waals surface area contributed by atoms with E-state index in [-0.39, 0.29) is 5.91 Å². The second-order valence-corrected chi connectivity index (χ2v) is 5.24. The van der Waals surface area contributed by atoms with Gasteiger partial charge >= 0.3 is 0 Å². The molecule has 0 saturated heterocycles. The molecule has 0 aliphatic rings. The first-order valence-electron chi connectivity index (χ1n) is 7.34. The number of carbonyl (C=O) groups is 1. The summed E-state index contributed by atoms with van der Waals surface area (Å²) in [5, 5.41) is 7.01. The lowest BCUT2D eigenvalue weighted by Gasteiger charge is -2.06. The highest BCUT2D eigenvalue weighted by atomic mass is 16.1. The third-order valence-corrected chi connectivity index (χ3v) is 3.38. The number of hydrogen-bond donors (Lipinski definition) is 1. The maximum atomic E-state index is 12.0. The van der Waals surface area contributed by atoms with Crippen LogP contribution in [0.4, 0.5) is 0 Å². The van der Waals surface area contributed by atoms with Crippen molar-refractivity contribution in [3.63, 3.8) is 0 Å². The molecule has 0 saturated carbocycles. The molecule has 0 aliphatic heterocycles. The van der Waals surface area contributed by atoms with Crippen LogP contribution >= 0.6 is 0 Å². The molecule has 0 spiro atoms. The van der Waals surface area contributed by atoms with Crippen LogP contribution in [0.25, 0.3) is 5.82 Å². The predicted molar refractivity (Wildman–Crippen MR) is 85.9 cm³/mol. The van der Waals surface area contributed by atoms with Crippen LogP contribution in [0.1, 0.15) is 16.8 Å². The van der Waals surface area contributed by atoms with Gasteiger partial charge in [0.25, 0.3) is 0 Å². The second-order valence-electron chi connectivity index (χ2n) is 5.24. The van der Waals surface area contributed by atoms with Crippen molar-refractivity contribution in [2.45, 2.75) is 19.9 Å². The van der Waals surface area contributed by atoms with Crippen LogP contribution in [0.5, 0.6) is 0 Å². The monoisotopic (exact) mass is 307 g/mol. The van der Waals surface area contributed by atoms with E-state index in [4.69, 9.17) is 0 Å². The maximum Gasteiger partial charge on any atom is 0.224 e. The van der Waals surface area contributed by atoms with Crippen molar-refractivity contribution in [1.29, 1.82) is 0 Å².